The van der Waals surface area contributed by atoms with Crippen LogP contribution in [0.3, 0.4) is 0 Å². The van der Waals surface area contributed by atoms with Crippen molar-refractivity contribution in [1.29, 1.82) is 0 Å². The molecule has 0 aliphatic rings. The molecule has 0 saturated heterocycles. The van der Waals surface area contributed by atoms with Crippen molar-refractivity contribution in [3.05, 3.63) is 24.3 Å². The largest absolute Gasteiger partial charge is 0.508 e. The molecular weight excluding hydrogens is 198 g/mol. The van der Waals surface area contributed by atoms with Crippen LogP contribution in [0.25, 0.3) is 0 Å². The summed E-state index contributed by atoms with van der Waals surface area (Å²) in [5.41, 5.74) is 0. The number of benzene rings is 1. The average Bonchev–Trinajstić information content (AvgIpc) is 2.16. The third-order valence-corrected chi connectivity index (χ3v) is 2.69. The molecule has 0 radical (unpaired) electrons. The lowest BCUT2D eigenvalue weighted by Gasteiger charge is -2.09. The molecule has 1 amide bonds. The van der Waals surface area contributed by atoms with Crippen LogP contribution in [0, 0.1) is 0 Å². The van der Waals surface area contributed by atoms with E-state index in [1.165, 1.54) is 11.8 Å². The molecule has 0 aliphatic carbocycles. The molecule has 3 nitrogen and oxygen atoms in total. The summed E-state index contributed by atoms with van der Waals surface area (Å²) in [6.07, 6.45) is 0. The van der Waals surface area contributed by atoms with Crippen molar-refractivity contribution < 1.29 is 9.90 Å². The van der Waals surface area contributed by atoms with E-state index in [0.29, 0.717) is 5.75 Å². The molecule has 76 valence electrons. The molecule has 0 saturated carbocycles. The number of carbonyl (C=O) groups is 1. The van der Waals surface area contributed by atoms with E-state index in [1.54, 1.807) is 43.3 Å². The second-order valence-electron chi connectivity index (χ2n) is 3.07. The van der Waals surface area contributed by atoms with Crippen LogP contribution in [0.2, 0.25) is 0 Å². The summed E-state index contributed by atoms with van der Waals surface area (Å²) in [5, 5.41) is 9.04. The van der Waals surface area contributed by atoms with Gasteiger partial charge in [-0.2, -0.15) is 0 Å². The first-order valence-corrected chi connectivity index (χ1v) is 5.20. The number of phenolic OH excluding ortho intramolecular Hbond substituents is 1. The Morgan fingerprint density at radius 1 is 1.36 bits per heavy atom. The van der Waals surface area contributed by atoms with Crippen molar-refractivity contribution in [2.45, 2.75) is 4.90 Å². The second-order valence-corrected chi connectivity index (χ2v) is 4.12. The van der Waals surface area contributed by atoms with Gasteiger partial charge in [-0.3, -0.25) is 4.79 Å². The zero-order valence-electron chi connectivity index (χ0n) is 8.23. The third kappa shape index (κ3) is 3.30. The molecule has 0 heterocycles. The predicted molar refractivity (Wildman–Crippen MR) is 57.5 cm³/mol. The number of carbonyl (C=O) groups excluding carboxylic acids is 1. The second kappa shape index (κ2) is 4.91. The number of amides is 1. The standard InChI is InChI=1S/C10H13NO2S/c1-11(2)10(13)7-14-9-5-3-8(12)4-6-9/h3-6,12H,7H2,1-2H3. The Morgan fingerprint density at radius 3 is 2.43 bits per heavy atom. The molecule has 0 aliphatic heterocycles. The Labute approximate surface area is 87.7 Å². The third-order valence-electron chi connectivity index (χ3n) is 1.70. The molecule has 0 aromatic heterocycles. The highest BCUT2D eigenvalue weighted by Gasteiger charge is 2.04. The van der Waals surface area contributed by atoms with Gasteiger partial charge in [0.05, 0.1) is 5.75 Å². The molecule has 4 heteroatoms. The maximum absolute atomic E-state index is 11.2. The van der Waals surface area contributed by atoms with Gasteiger partial charge in [0.15, 0.2) is 0 Å². The van der Waals surface area contributed by atoms with Crippen molar-refractivity contribution in [2.75, 3.05) is 19.8 Å². The lowest BCUT2D eigenvalue weighted by molar-refractivity contribution is -0.125. The van der Waals surface area contributed by atoms with Gasteiger partial charge in [0, 0.05) is 19.0 Å². The van der Waals surface area contributed by atoms with Crippen LogP contribution in [-0.4, -0.2) is 35.8 Å². The van der Waals surface area contributed by atoms with Gasteiger partial charge in [-0.05, 0) is 24.3 Å². The molecule has 1 N–H and O–H groups in total. The minimum absolute atomic E-state index is 0.0862. The summed E-state index contributed by atoms with van der Waals surface area (Å²) in [6.45, 7) is 0. The first-order valence-electron chi connectivity index (χ1n) is 4.21. The maximum atomic E-state index is 11.2. The minimum Gasteiger partial charge on any atom is -0.508 e. The quantitative estimate of drug-likeness (QED) is 0.772. The fraction of sp³-hybridized carbons (Fsp3) is 0.300. The molecule has 1 aromatic rings. The smallest absolute Gasteiger partial charge is 0.232 e. The Morgan fingerprint density at radius 2 is 1.93 bits per heavy atom. The average molecular weight is 211 g/mol. The predicted octanol–water partition coefficient (Wildman–Crippen LogP) is 1.57. The van der Waals surface area contributed by atoms with Gasteiger partial charge in [-0.1, -0.05) is 0 Å². The van der Waals surface area contributed by atoms with E-state index in [0.717, 1.165) is 4.90 Å². The molecule has 1 rings (SSSR count). The summed E-state index contributed by atoms with van der Waals surface area (Å²) in [6, 6.07) is 6.82. The van der Waals surface area contributed by atoms with Gasteiger partial charge >= 0.3 is 0 Å². The molecule has 0 spiro atoms. The number of thioether (sulfide) groups is 1. The van der Waals surface area contributed by atoms with Crippen molar-refractivity contribution >= 4 is 17.7 Å². The molecule has 1 aromatic carbocycles. The minimum atomic E-state index is 0.0862. The number of hydrogen-bond donors (Lipinski definition) is 1. The van der Waals surface area contributed by atoms with Crippen LogP contribution < -0.4 is 0 Å². The Kier molecular flexibility index (Phi) is 3.83. The lowest BCUT2D eigenvalue weighted by atomic mass is 10.3. The fourth-order valence-corrected chi connectivity index (χ4v) is 1.69. The van der Waals surface area contributed by atoms with Crippen LogP contribution >= 0.6 is 11.8 Å². The highest BCUT2D eigenvalue weighted by molar-refractivity contribution is 8.00. The van der Waals surface area contributed by atoms with Crippen LogP contribution in [-0.2, 0) is 4.79 Å². The van der Waals surface area contributed by atoms with Crippen LogP contribution in [0.4, 0.5) is 0 Å². The van der Waals surface area contributed by atoms with Crippen LogP contribution in [0.15, 0.2) is 29.2 Å². The topological polar surface area (TPSA) is 40.5 Å². The van der Waals surface area contributed by atoms with E-state index >= 15 is 0 Å². The van der Waals surface area contributed by atoms with Crippen molar-refractivity contribution in [3.8, 4) is 5.75 Å². The molecule has 0 bridgehead atoms. The van der Waals surface area contributed by atoms with E-state index in [4.69, 9.17) is 5.11 Å². The Balaban J connectivity index is 2.46. The van der Waals surface area contributed by atoms with Gasteiger partial charge in [0.1, 0.15) is 5.75 Å². The molecule has 0 fully saturated rings. The SMILES string of the molecule is CN(C)C(=O)CSc1ccc(O)cc1. The monoisotopic (exact) mass is 211 g/mol. The number of phenols is 1. The zero-order valence-corrected chi connectivity index (χ0v) is 9.04. The number of nitrogens with zero attached hydrogens (tertiary/aromatic N) is 1. The normalized spacial score (nSPS) is 9.86. The summed E-state index contributed by atoms with van der Waals surface area (Å²) in [5.74, 6) is 0.758. The molecule has 14 heavy (non-hydrogen) atoms. The lowest BCUT2D eigenvalue weighted by Crippen LogP contribution is -2.23. The summed E-state index contributed by atoms with van der Waals surface area (Å²) in [7, 11) is 3.47. The van der Waals surface area contributed by atoms with E-state index < -0.39 is 0 Å². The first kappa shape index (κ1) is 10.9. The van der Waals surface area contributed by atoms with Crippen molar-refractivity contribution in [2.24, 2.45) is 0 Å². The molecule has 0 unspecified atom stereocenters. The maximum Gasteiger partial charge on any atom is 0.232 e. The van der Waals surface area contributed by atoms with E-state index in [-0.39, 0.29) is 11.7 Å². The Bertz CT molecular complexity index is 308. The van der Waals surface area contributed by atoms with Gasteiger partial charge in [-0.25, -0.2) is 0 Å². The number of hydrogen-bond acceptors (Lipinski definition) is 3. The fourth-order valence-electron chi connectivity index (χ4n) is 0.817. The van der Waals surface area contributed by atoms with E-state index in [1.807, 2.05) is 0 Å². The highest BCUT2D eigenvalue weighted by atomic mass is 32.2. The van der Waals surface area contributed by atoms with Gasteiger partial charge < -0.3 is 10.0 Å². The van der Waals surface area contributed by atoms with E-state index in [9.17, 15) is 4.79 Å². The van der Waals surface area contributed by atoms with Crippen LogP contribution in [0.5, 0.6) is 5.75 Å². The summed E-state index contributed by atoms with van der Waals surface area (Å²) in [4.78, 5) is 13.8. The molecule has 0 atom stereocenters. The van der Waals surface area contributed by atoms with Gasteiger partial charge in [0.2, 0.25) is 5.91 Å². The number of aromatic hydroxyl groups is 1. The van der Waals surface area contributed by atoms with Gasteiger partial charge in [0.25, 0.3) is 0 Å². The highest BCUT2D eigenvalue weighted by Crippen LogP contribution is 2.20. The molecular formula is C10H13NO2S. The van der Waals surface area contributed by atoms with E-state index in [2.05, 4.69) is 0 Å². The van der Waals surface area contributed by atoms with Gasteiger partial charge in [-0.15, -0.1) is 11.8 Å². The van der Waals surface area contributed by atoms with Crippen molar-refractivity contribution in [1.82, 2.24) is 4.90 Å². The first-order chi connectivity index (χ1) is 6.59. The van der Waals surface area contributed by atoms with Crippen molar-refractivity contribution in [3.63, 3.8) is 0 Å². The summed E-state index contributed by atoms with van der Waals surface area (Å²) < 4.78 is 0. The Hall–Kier alpha value is -1.16. The zero-order chi connectivity index (χ0) is 10.6. The van der Waals surface area contributed by atoms with Crippen LogP contribution in [0.1, 0.15) is 0 Å². The number of rotatable bonds is 3. The summed E-state index contributed by atoms with van der Waals surface area (Å²) >= 11 is 1.46.